The van der Waals surface area contributed by atoms with E-state index in [9.17, 15) is 4.79 Å². The molecule has 0 aliphatic rings. The lowest BCUT2D eigenvalue weighted by Gasteiger charge is -1.97. The van der Waals surface area contributed by atoms with Gasteiger partial charge in [-0.3, -0.25) is 0 Å². The average Bonchev–Trinajstić information content (AvgIpc) is 2.47. The summed E-state index contributed by atoms with van der Waals surface area (Å²) in [7, 11) is 0. The molecule has 0 fully saturated rings. The Hall–Kier alpha value is -1.97. The molecule has 0 saturated heterocycles. The molecule has 0 aliphatic carbocycles. The van der Waals surface area contributed by atoms with Gasteiger partial charge in [0.2, 0.25) is 0 Å². The normalized spacial score (nSPS) is 10.6. The molecular weight excluding hydrogens is 180 g/mol. The summed E-state index contributed by atoms with van der Waals surface area (Å²) < 4.78 is 0. The van der Waals surface area contributed by atoms with Crippen molar-refractivity contribution in [3.8, 4) is 0 Å². The van der Waals surface area contributed by atoms with Crippen LogP contribution in [0, 0.1) is 6.92 Å². The van der Waals surface area contributed by atoms with Crippen molar-refractivity contribution < 1.29 is 9.90 Å². The molecule has 0 saturated carbocycles. The van der Waals surface area contributed by atoms with E-state index in [1.807, 2.05) is 13.0 Å². The highest BCUT2D eigenvalue weighted by molar-refractivity contribution is 5.95. The number of aromatic amines is 1. The number of carboxylic acid groups (broad SMARTS) is 1. The minimum absolute atomic E-state index is 0.189. The molecular formula is C10H10N2O2. The van der Waals surface area contributed by atoms with Crippen molar-refractivity contribution in [3.05, 3.63) is 29.5 Å². The molecule has 0 bridgehead atoms. The van der Waals surface area contributed by atoms with Gasteiger partial charge in [-0.05, 0) is 30.7 Å². The van der Waals surface area contributed by atoms with E-state index in [4.69, 9.17) is 10.8 Å². The van der Waals surface area contributed by atoms with Crippen molar-refractivity contribution >= 4 is 22.6 Å². The van der Waals surface area contributed by atoms with Gasteiger partial charge in [-0.25, -0.2) is 4.79 Å². The molecule has 0 aliphatic heterocycles. The summed E-state index contributed by atoms with van der Waals surface area (Å²) in [6.45, 7) is 1.89. The Labute approximate surface area is 80.3 Å². The molecule has 1 aromatic heterocycles. The largest absolute Gasteiger partial charge is 0.477 e. The molecule has 2 aromatic rings. The van der Waals surface area contributed by atoms with Gasteiger partial charge >= 0.3 is 5.97 Å². The number of anilines is 1. The van der Waals surface area contributed by atoms with Crippen LogP contribution in [0.25, 0.3) is 10.9 Å². The fraction of sp³-hybridized carbons (Fsp3) is 0.100. The third kappa shape index (κ3) is 1.21. The summed E-state index contributed by atoms with van der Waals surface area (Å²) >= 11 is 0. The van der Waals surface area contributed by atoms with Crippen molar-refractivity contribution in [2.75, 3.05) is 5.73 Å². The zero-order valence-electron chi connectivity index (χ0n) is 7.66. The summed E-state index contributed by atoms with van der Waals surface area (Å²) in [5.74, 6) is -0.959. The number of carboxylic acids is 1. The van der Waals surface area contributed by atoms with Crippen LogP contribution >= 0.6 is 0 Å². The maximum Gasteiger partial charge on any atom is 0.352 e. The van der Waals surface area contributed by atoms with Gasteiger partial charge in [0.25, 0.3) is 0 Å². The van der Waals surface area contributed by atoms with Gasteiger partial charge in [-0.15, -0.1) is 0 Å². The van der Waals surface area contributed by atoms with Crippen LogP contribution < -0.4 is 5.73 Å². The Morgan fingerprint density at radius 3 is 2.79 bits per heavy atom. The van der Waals surface area contributed by atoms with Crippen LogP contribution in [0.5, 0.6) is 0 Å². The van der Waals surface area contributed by atoms with E-state index in [0.29, 0.717) is 5.69 Å². The second kappa shape index (κ2) is 2.77. The quantitative estimate of drug-likeness (QED) is 0.599. The van der Waals surface area contributed by atoms with Gasteiger partial charge < -0.3 is 15.8 Å². The fourth-order valence-corrected chi connectivity index (χ4v) is 1.57. The average molecular weight is 190 g/mol. The number of nitrogens with one attached hydrogen (secondary N) is 1. The highest BCUT2D eigenvalue weighted by Gasteiger charge is 2.08. The predicted octanol–water partition coefficient (Wildman–Crippen LogP) is 1.76. The van der Waals surface area contributed by atoms with Gasteiger partial charge in [0.05, 0.1) is 0 Å². The van der Waals surface area contributed by atoms with E-state index in [1.54, 1.807) is 12.1 Å². The number of aryl methyl sites for hydroxylation is 1. The summed E-state index contributed by atoms with van der Waals surface area (Å²) in [5, 5.41) is 9.62. The molecule has 0 radical (unpaired) electrons. The van der Waals surface area contributed by atoms with Gasteiger partial charge in [0.1, 0.15) is 5.69 Å². The van der Waals surface area contributed by atoms with Gasteiger partial charge in [0, 0.05) is 16.6 Å². The Balaban J connectivity index is 2.76. The number of nitrogen functional groups attached to an aromatic ring is 1. The molecule has 4 heteroatoms. The van der Waals surface area contributed by atoms with Crippen LogP contribution in [-0.4, -0.2) is 16.1 Å². The highest BCUT2D eigenvalue weighted by Crippen LogP contribution is 2.22. The maximum atomic E-state index is 10.7. The monoisotopic (exact) mass is 190 g/mol. The van der Waals surface area contributed by atoms with Crippen molar-refractivity contribution in [2.45, 2.75) is 6.92 Å². The SMILES string of the molecule is Cc1cc(N)cc2cc(C(=O)O)[nH]c12. The Morgan fingerprint density at radius 1 is 1.43 bits per heavy atom. The standard InChI is InChI=1S/C10H10N2O2/c1-5-2-7(11)3-6-4-8(10(13)14)12-9(5)6/h2-4,12H,11H2,1H3,(H,13,14). The molecule has 0 unspecified atom stereocenters. The van der Waals surface area contributed by atoms with Crippen molar-refractivity contribution in [1.29, 1.82) is 0 Å². The summed E-state index contributed by atoms with van der Waals surface area (Å²) in [6.07, 6.45) is 0. The smallest absolute Gasteiger partial charge is 0.352 e. The number of nitrogens with two attached hydrogens (primary N) is 1. The summed E-state index contributed by atoms with van der Waals surface area (Å²) in [6, 6.07) is 5.15. The summed E-state index contributed by atoms with van der Waals surface area (Å²) in [4.78, 5) is 13.5. The number of carbonyl (C=O) groups is 1. The molecule has 72 valence electrons. The third-order valence-electron chi connectivity index (χ3n) is 2.18. The lowest BCUT2D eigenvalue weighted by molar-refractivity contribution is 0.0691. The minimum Gasteiger partial charge on any atom is -0.477 e. The van der Waals surface area contributed by atoms with Gasteiger partial charge in [0.15, 0.2) is 0 Å². The number of aromatic carboxylic acids is 1. The first kappa shape index (κ1) is 8.62. The van der Waals surface area contributed by atoms with Crippen LogP contribution in [0.15, 0.2) is 18.2 Å². The molecule has 4 N–H and O–H groups in total. The molecule has 0 amide bonds. The first-order chi connectivity index (χ1) is 6.58. The number of benzene rings is 1. The third-order valence-corrected chi connectivity index (χ3v) is 2.18. The molecule has 1 aromatic carbocycles. The van der Waals surface area contributed by atoms with Crippen molar-refractivity contribution in [2.24, 2.45) is 0 Å². The van der Waals surface area contributed by atoms with Crippen LogP contribution in [0.2, 0.25) is 0 Å². The van der Waals surface area contributed by atoms with Crippen LogP contribution in [0.4, 0.5) is 5.69 Å². The Kier molecular flexibility index (Phi) is 1.70. The summed E-state index contributed by atoms with van der Waals surface area (Å²) in [5.41, 5.74) is 8.26. The zero-order chi connectivity index (χ0) is 10.3. The topological polar surface area (TPSA) is 79.1 Å². The number of fused-ring (bicyclic) bond motifs is 1. The van der Waals surface area contributed by atoms with Crippen molar-refractivity contribution in [3.63, 3.8) is 0 Å². The van der Waals surface area contributed by atoms with Crippen LogP contribution in [0.1, 0.15) is 16.1 Å². The first-order valence-corrected chi connectivity index (χ1v) is 4.20. The Morgan fingerprint density at radius 2 is 2.14 bits per heavy atom. The predicted molar refractivity (Wildman–Crippen MR) is 54.4 cm³/mol. The van der Waals surface area contributed by atoms with Crippen LogP contribution in [-0.2, 0) is 0 Å². The van der Waals surface area contributed by atoms with Crippen molar-refractivity contribution in [1.82, 2.24) is 4.98 Å². The lowest BCUT2D eigenvalue weighted by Crippen LogP contribution is -1.94. The second-order valence-corrected chi connectivity index (χ2v) is 3.29. The van der Waals surface area contributed by atoms with E-state index in [1.165, 1.54) is 0 Å². The fourth-order valence-electron chi connectivity index (χ4n) is 1.57. The zero-order valence-corrected chi connectivity index (χ0v) is 7.66. The van der Waals surface area contributed by atoms with Gasteiger partial charge in [-0.2, -0.15) is 0 Å². The van der Waals surface area contributed by atoms with E-state index >= 15 is 0 Å². The molecule has 1 heterocycles. The first-order valence-electron chi connectivity index (χ1n) is 4.20. The second-order valence-electron chi connectivity index (χ2n) is 3.29. The number of hydrogen-bond acceptors (Lipinski definition) is 2. The maximum absolute atomic E-state index is 10.7. The van der Waals surface area contributed by atoms with E-state index < -0.39 is 5.97 Å². The highest BCUT2D eigenvalue weighted by atomic mass is 16.4. The number of rotatable bonds is 1. The van der Waals surface area contributed by atoms with E-state index in [2.05, 4.69) is 4.98 Å². The molecule has 14 heavy (non-hydrogen) atoms. The lowest BCUT2D eigenvalue weighted by atomic mass is 10.1. The number of aromatic nitrogens is 1. The van der Waals surface area contributed by atoms with Gasteiger partial charge in [-0.1, -0.05) is 0 Å². The Bertz CT molecular complexity index is 514. The number of hydrogen-bond donors (Lipinski definition) is 3. The minimum atomic E-state index is -0.959. The van der Waals surface area contributed by atoms with Crippen LogP contribution in [0.3, 0.4) is 0 Å². The molecule has 0 atom stereocenters. The molecule has 0 spiro atoms. The van der Waals surface area contributed by atoms with E-state index in [-0.39, 0.29) is 5.69 Å². The number of H-pyrrole nitrogens is 1. The van der Waals surface area contributed by atoms with E-state index in [0.717, 1.165) is 16.5 Å². The molecule has 4 nitrogen and oxygen atoms in total. The molecule has 2 rings (SSSR count).